The first kappa shape index (κ1) is 22.4. The Labute approximate surface area is 162 Å². The molecule has 0 radical (unpaired) electrons. The maximum absolute atomic E-state index is 12.8. The molecule has 26 heavy (non-hydrogen) atoms. The number of piperidine rings is 1. The van der Waals surface area contributed by atoms with Crippen LogP contribution in [0.3, 0.4) is 0 Å². The lowest BCUT2D eigenvalue weighted by molar-refractivity contribution is -0.139. The zero-order chi connectivity index (χ0) is 18.4. The standard InChI is InChI=1S/C19H29N3O3.ClH/c1-4-21(14-17(23)24)16-10-12-22(13-11-16)18(19(25)20(2)3)15-8-6-5-7-9-15;/h5-9,16,18H,4,10-14H2,1-3H3,(H,23,24);1H. The smallest absolute Gasteiger partial charge is 0.317 e. The third-order valence-electron chi connectivity index (χ3n) is 4.92. The van der Waals surface area contributed by atoms with Crippen LogP contribution in [0, 0.1) is 0 Å². The molecule has 1 atom stereocenters. The highest BCUT2D eigenvalue weighted by Crippen LogP contribution is 2.27. The highest BCUT2D eigenvalue weighted by Gasteiger charge is 2.33. The number of amides is 1. The van der Waals surface area contributed by atoms with Crippen molar-refractivity contribution < 1.29 is 14.7 Å². The summed E-state index contributed by atoms with van der Waals surface area (Å²) in [5.74, 6) is -0.697. The Bertz CT molecular complexity index is 575. The molecule has 0 bridgehead atoms. The lowest BCUT2D eigenvalue weighted by Gasteiger charge is -2.41. The molecular weight excluding hydrogens is 354 g/mol. The van der Waals surface area contributed by atoms with Crippen molar-refractivity contribution in [3.8, 4) is 0 Å². The molecule has 0 saturated carbocycles. The van der Waals surface area contributed by atoms with Crippen LogP contribution in [0.2, 0.25) is 0 Å². The second-order valence-electron chi connectivity index (χ2n) is 6.77. The van der Waals surface area contributed by atoms with Gasteiger partial charge in [0.1, 0.15) is 6.04 Å². The zero-order valence-corrected chi connectivity index (χ0v) is 16.6. The summed E-state index contributed by atoms with van der Waals surface area (Å²) in [7, 11) is 3.58. The van der Waals surface area contributed by atoms with Crippen molar-refractivity contribution in [1.82, 2.24) is 14.7 Å². The molecule has 1 fully saturated rings. The van der Waals surface area contributed by atoms with Crippen LogP contribution >= 0.6 is 12.4 Å². The first-order chi connectivity index (χ1) is 11.9. The summed E-state index contributed by atoms with van der Waals surface area (Å²) in [4.78, 5) is 29.7. The van der Waals surface area contributed by atoms with Gasteiger partial charge in [-0.1, -0.05) is 37.3 Å². The van der Waals surface area contributed by atoms with Crippen molar-refractivity contribution in [2.75, 3.05) is 40.3 Å². The third kappa shape index (κ3) is 5.69. The molecule has 1 amide bonds. The Kier molecular flexibility index (Phi) is 9.05. The minimum atomic E-state index is -0.783. The van der Waals surface area contributed by atoms with Gasteiger partial charge in [-0.3, -0.25) is 19.4 Å². The van der Waals surface area contributed by atoms with Gasteiger partial charge in [-0.15, -0.1) is 12.4 Å². The average molecular weight is 384 g/mol. The normalized spacial score (nSPS) is 16.8. The number of nitrogens with zero attached hydrogens (tertiary/aromatic N) is 3. The number of likely N-dealkylation sites (tertiary alicyclic amines) is 1. The van der Waals surface area contributed by atoms with Gasteiger partial charge in [0.15, 0.2) is 0 Å². The van der Waals surface area contributed by atoms with Crippen LogP contribution in [-0.4, -0.2) is 78.0 Å². The van der Waals surface area contributed by atoms with Gasteiger partial charge in [-0.05, 0) is 24.9 Å². The summed E-state index contributed by atoms with van der Waals surface area (Å²) in [5, 5.41) is 9.07. The molecule has 7 heteroatoms. The topological polar surface area (TPSA) is 64.1 Å². The van der Waals surface area contributed by atoms with E-state index in [0.717, 1.165) is 38.0 Å². The molecule has 1 unspecified atom stereocenters. The number of carboxylic acid groups (broad SMARTS) is 1. The van der Waals surface area contributed by atoms with Gasteiger partial charge >= 0.3 is 5.97 Å². The molecule has 0 aliphatic carbocycles. The van der Waals surface area contributed by atoms with Crippen LogP contribution in [0.15, 0.2) is 30.3 Å². The van der Waals surface area contributed by atoms with E-state index in [9.17, 15) is 9.59 Å². The Morgan fingerprint density at radius 1 is 1.19 bits per heavy atom. The van der Waals surface area contributed by atoms with Crippen LogP contribution in [0.5, 0.6) is 0 Å². The van der Waals surface area contributed by atoms with Gasteiger partial charge in [0.2, 0.25) is 5.91 Å². The second kappa shape index (κ2) is 10.5. The Morgan fingerprint density at radius 2 is 1.77 bits per heavy atom. The number of rotatable bonds is 7. The quantitative estimate of drug-likeness (QED) is 0.781. The zero-order valence-electron chi connectivity index (χ0n) is 15.8. The van der Waals surface area contributed by atoms with Crippen molar-refractivity contribution in [3.05, 3.63) is 35.9 Å². The van der Waals surface area contributed by atoms with Crippen molar-refractivity contribution in [3.63, 3.8) is 0 Å². The van der Waals surface area contributed by atoms with Crippen LogP contribution < -0.4 is 0 Å². The van der Waals surface area contributed by atoms with E-state index < -0.39 is 5.97 Å². The first-order valence-electron chi connectivity index (χ1n) is 8.90. The minimum Gasteiger partial charge on any atom is -0.480 e. The molecule has 1 aliphatic heterocycles. The first-order valence-corrected chi connectivity index (χ1v) is 8.90. The number of carbonyl (C=O) groups excluding carboxylic acids is 1. The molecule has 0 spiro atoms. The van der Waals surface area contributed by atoms with Crippen LogP contribution in [-0.2, 0) is 9.59 Å². The molecule has 1 aromatic rings. The third-order valence-corrected chi connectivity index (χ3v) is 4.92. The number of carbonyl (C=O) groups is 2. The van der Waals surface area contributed by atoms with Crippen LogP contribution in [0.25, 0.3) is 0 Å². The summed E-state index contributed by atoms with van der Waals surface area (Å²) in [5.41, 5.74) is 1.01. The van der Waals surface area contributed by atoms with Gasteiger partial charge in [0, 0.05) is 33.2 Å². The fourth-order valence-electron chi connectivity index (χ4n) is 3.57. The van der Waals surface area contributed by atoms with Crippen molar-refractivity contribution in [1.29, 1.82) is 0 Å². The van der Waals surface area contributed by atoms with Crippen molar-refractivity contribution in [2.24, 2.45) is 0 Å². The summed E-state index contributed by atoms with van der Waals surface area (Å²) >= 11 is 0. The number of benzene rings is 1. The molecular formula is C19H30ClN3O3. The predicted octanol–water partition coefficient (Wildman–Crippen LogP) is 2.11. The van der Waals surface area contributed by atoms with Crippen molar-refractivity contribution in [2.45, 2.75) is 31.8 Å². The lowest BCUT2D eigenvalue weighted by Crippen LogP contribution is -2.49. The number of carboxylic acids is 1. The Hall–Kier alpha value is -1.63. The number of halogens is 1. The Balaban J connectivity index is 0.00000338. The molecule has 1 aliphatic rings. The summed E-state index contributed by atoms with van der Waals surface area (Å²) in [6.07, 6.45) is 1.76. The van der Waals surface area contributed by atoms with Crippen LogP contribution in [0.4, 0.5) is 0 Å². The number of hydrogen-bond donors (Lipinski definition) is 1. The van der Waals surface area contributed by atoms with Gasteiger partial charge in [0.05, 0.1) is 6.54 Å². The van der Waals surface area contributed by atoms with Gasteiger partial charge in [-0.25, -0.2) is 0 Å². The van der Waals surface area contributed by atoms with Crippen LogP contribution in [0.1, 0.15) is 31.4 Å². The number of likely N-dealkylation sites (N-methyl/N-ethyl adjacent to an activating group) is 2. The fourth-order valence-corrected chi connectivity index (χ4v) is 3.57. The molecule has 1 N–H and O–H groups in total. The van der Waals surface area contributed by atoms with Gasteiger partial charge in [0.25, 0.3) is 0 Å². The Morgan fingerprint density at radius 3 is 2.23 bits per heavy atom. The van der Waals surface area contributed by atoms with E-state index in [1.807, 2.05) is 42.2 Å². The maximum atomic E-state index is 12.8. The lowest BCUT2D eigenvalue weighted by atomic mass is 9.97. The highest BCUT2D eigenvalue weighted by molar-refractivity contribution is 5.85. The van der Waals surface area contributed by atoms with E-state index in [2.05, 4.69) is 4.90 Å². The maximum Gasteiger partial charge on any atom is 0.317 e. The molecule has 1 saturated heterocycles. The molecule has 1 heterocycles. The van der Waals surface area contributed by atoms with E-state index in [4.69, 9.17) is 5.11 Å². The monoisotopic (exact) mass is 383 g/mol. The van der Waals surface area contributed by atoms with Gasteiger partial charge < -0.3 is 10.0 Å². The summed E-state index contributed by atoms with van der Waals surface area (Å²) < 4.78 is 0. The van der Waals surface area contributed by atoms with E-state index >= 15 is 0 Å². The molecule has 1 aromatic carbocycles. The molecule has 2 rings (SSSR count). The SMILES string of the molecule is CCN(CC(=O)O)C1CCN(C(C(=O)N(C)C)c2ccccc2)CC1.Cl. The van der Waals surface area contributed by atoms with Crippen molar-refractivity contribution >= 4 is 24.3 Å². The fraction of sp³-hybridized carbons (Fsp3) is 0.579. The predicted molar refractivity (Wildman–Crippen MR) is 105 cm³/mol. The average Bonchev–Trinajstić information content (AvgIpc) is 2.61. The highest BCUT2D eigenvalue weighted by atomic mass is 35.5. The molecule has 6 nitrogen and oxygen atoms in total. The number of hydrogen-bond acceptors (Lipinski definition) is 4. The number of aliphatic carboxylic acids is 1. The molecule has 0 aromatic heterocycles. The largest absolute Gasteiger partial charge is 0.480 e. The van der Waals surface area contributed by atoms with Gasteiger partial charge in [-0.2, -0.15) is 0 Å². The van der Waals surface area contributed by atoms with E-state index in [0.29, 0.717) is 0 Å². The second-order valence-corrected chi connectivity index (χ2v) is 6.77. The summed E-state index contributed by atoms with van der Waals surface area (Å²) in [6, 6.07) is 9.88. The van der Waals surface area contributed by atoms with E-state index in [-0.39, 0.29) is 36.9 Å². The molecule has 146 valence electrons. The summed E-state index contributed by atoms with van der Waals surface area (Å²) in [6.45, 7) is 4.40. The van der Waals surface area contributed by atoms with E-state index in [1.165, 1.54) is 0 Å². The minimum absolute atomic E-state index is 0. The van der Waals surface area contributed by atoms with E-state index in [1.54, 1.807) is 19.0 Å².